The number of hydrogen-bond acceptors (Lipinski definition) is 4. The van der Waals surface area contributed by atoms with Crippen LogP contribution in [0.25, 0.3) is 0 Å². The predicted molar refractivity (Wildman–Crippen MR) is 72.8 cm³/mol. The number of aromatic nitrogens is 1. The second-order valence-corrected chi connectivity index (χ2v) is 4.42. The first-order valence-corrected chi connectivity index (χ1v) is 5.94. The Balaban J connectivity index is 0.00000289. The molecule has 1 amide bonds. The predicted octanol–water partition coefficient (Wildman–Crippen LogP) is 1.50. The number of amides is 1. The van der Waals surface area contributed by atoms with Gasteiger partial charge in [0.1, 0.15) is 5.76 Å². The molecule has 0 saturated heterocycles. The van der Waals surface area contributed by atoms with Gasteiger partial charge in [-0.15, -0.1) is 12.4 Å². The van der Waals surface area contributed by atoms with Gasteiger partial charge in [0.25, 0.3) is 0 Å². The van der Waals surface area contributed by atoms with E-state index in [-0.39, 0.29) is 24.4 Å². The van der Waals surface area contributed by atoms with E-state index in [2.05, 4.69) is 10.5 Å². The summed E-state index contributed by atoms with van der Waals surface area (Å²) in [5.41, 5.74) is 7.50. The summed E-state index contributed by atoms with van der Waals surface area (Å²) in [7, 11) is 0. The largest absolute Gasteiger partial charge is 0.361 e. The van der Waals surface area contributed by atoms with Crippen molar-refractivity contribution in [3.05, 3.63) is 17.0 Å². The first-order chi connectivity index (χ1) is 8.00. The Hall–Kier alpha value is -1.07. The van der Waals surface area contributed by atoms with E-state index >= 15 is 0 Å². The average molecular weight is 276 g/mol. The van der Waals surface area contributed by atoms with Gasteiger partial charge in [-0.05, 0) is 33.6 Å². The van der Waals surface area contributed by atoms with Crippen LogP contribution in [0.15, 0.2) is 4.52 Å². The highest BCUT2D eigenvalue weighted by Crippen LogP contribution is 2.13. The lowest BCUT2D eigenvalue weighted by molar-refractivity contribution is -0.121. The van der Waals surface area contributed by atoms with Gasteiger partial charge in [0.15, 0.2) is 0 Å². The maximum absolute atomic E-state index is 11.5. The first kappa shape index (κ1) is 16.9. The smallest absolute Gasteiger partial charge is 0.220 e. The first-order valence-electron chi connectivity index (χ1n) is 5.94. The second kappa shape index (κ2) is 8.11. The van der Waals surface area contributed by atoms with E-state index in [0.717, 1.165) is 23.4 Å². The van der Waals surface area contributed by atoms with E-state index in [1.165, 1.54) is 0 Å². The highest BCUT2D eigenvalue weighted by molar-refractivity contribution is 5.85. The van der Waals surface area contributed by atoms with Crippen molar-refractivity contribution in [2.75, 3.05) is 6.54 Å². The number of nitrogens with one attached hydrogen (secondary N) is 1. The third kappa shape index (κ3) is 5.51. The summed E-state index contributed by atoms with van der Waals surface area (Å²) in [6.45, 7) is 6.32. The van der Waals surface area contributed by atoms with Gasteiger partial charge in [-0.3, -0.25) is 4.79 Å². The number of halogens is 1. The molecule has 3 N–H and O–H groups in total. The lowest BCUT2D eigenvalue weighted by Gasteiger charge is -2.07. The van der Waals surface area contributed by atoms with Crippen molar-refractivity contribution < 1.29 is 9.32 Å². The van der Waals surface area contributed by atoms with Crippen LogP contribution in [0.2, 0.25) is 0 Å². The molecule has 1 aromatic rings. The normalized spacial score (nSPS) is 11.8. The van der Waals surface area contributed by atoms with Gasteiger partial charge in [0, 0.05) is 24.6 Å². The summed E-state index contributed by atoms with van der Waals surface area (Å²) >= 11 is 0. The highest BCUT2D eigenvalue weighted by Gasteiger charge is 2.10. The second-order valence-electron chi connectivity index (χ2n) is 4.42. The molecule has 0 aliphatic carbocycles. The summed E-state index contributed by atoms with van der Waals surface area (Å²) in [4.78, 5) is 11.5. The maximum atomic E-state index is 11.5. The summed E-state index contributed by atoms with van der Waals surface area (Å²) in [5.74, 6) is 0.844. The van der Waals surface area contributed by atoms with Gasteiger partial charge in [0.05, 0.1) is 5.69 Å². The molecule has 1 aromatic heterocycles. The van der Waals surface area contributed by atoms with Crippen LogP contribution in [0.4, 0.5) is 0 Å². The van der Waals surface area contributed by atoms with Gasteiger partial charge >= 0.3 is 0 Å². The average Bonchev–Trinajstić information content (AvgIpc) is 2.55. The molecule has 0 aliphatic heterocycles. The molecule has 0 aliphatic rings. The lowest BCUT2D eigenvalue weighted by Crippen LogP contribution is -2.29. The third-order valence-electron chi connectivity index (χ3n) is 2.71. The van der Waals surface area contributed by atoms with Crippen molar-refractivity contribution in [3.8, 4) is 0 Å². The number of aryl methyl sites for hydroxylation is 2. The molecule has 0 bridgehead atoms. The fourth-order valence-corrected chi connectivity index (χ4v) is 1.62. The third-order valence-corrected chi connectivity index (χ3v) is 2.71. The molecule has 0 spiro atoms. The van der Waals surface area contributed by atoms with Gasteiger partial charge < -0.3 is 15.6 Å². The Labute approximate surface area is 114 Å². The number of hydrogen-bond donors (Lipinski definition) is 2. The highest BCUT2D eigenvalue weighted by atomic mass is 35.5. The molecule has 0 aromatic carbocycles. The topological polar surface area (TPSA) is 81.2 Å². The van der Waals surface area contributed by atoms with Crippen molar-refractivity contribution in [1.82, 2.24) is 10.5 Å². The molecule has 0 saturated carbocycles. The van der Waals surface area contributed by atoms with Gasteiger partial charge in [-0.1, -0.05) is 5.16 Å². The zero-order chi connectivity index (χ0) is 12.8. The minimum atomic E-state index is 0. The molecule has 104 valence electrons. The molecule has 0 fully saturated rings. The number of nitrogens with zero attached hydrogens (tertiary/aromatic N) is 1. The summed E-state index contributed by atoms with van der Waals surface area (Å²) < 4.78 is 5.04. The van der Waals surface area contributed by atoms with Crippen LogP contribution >= 0.6 is 12.4 Å². The van der Waals surface area contributed by atoms with Gasteiger partial charge in [-0.25, -0.2) is 0 Å². The molecule has 6 heteroatoms. The van der Waals surface area contributed by atoms with Crippen LogP contribution in [-0.4, -0.2) is 23.7 Å². The molecular weight excluding hydrogens is 254 g/mol. The van der Waals surface area contributed by atoms with Crippen molar-refractivity contribution in [2.24, 2.45) is 5.73 Å². The van der Waals surface area contributed by atoms with Crippen LogP contribution in [-0.2, 0) is 11.2 Å². The van der Waals surface area contributed by atoms with Crippen molar-refractivity contribution in [1.29, 1.82) is 0 Å². The molecule has 0 radical (unpaired) electrons. The van der Waals surface area contributed by atoms with E-state index < -0.39 is 0 Å². The summed E-state index contributed by atoms with van der Waals surface area (Å²) in [5, 5.41) is 6.70. The minimum absolute atomic E-state index is 0. The van der Waals surface area contributed by atoms with Crippen LogP contribution in [0, 0.1) is 13.8 Å². The maximum Gasteiger partial charge on any atom is 0.220 e. The quantitative estimate of drug-likeness (QED) is 0.824. The standard InChI is InChI=1S/C12H21N3O2.ClH/c1-8(13)6-7-14-12(16)5-4-11-9(2)15-17-10(11)3;/h8H,4-7,13H2,1-3H3,(H,14,16);1H. The minimum Gasteiger partial charge on any atom is -0.361 e. The Morgan fingerprint density at radius 3 is 2.67 bits per heavy atom. The summed E-state index contributed by atoms with van der Waals surface area (Å²) in [6, 6.07) is 0.123. The van der Waals surface area contributed by atoms with E-state index in [1.54, 1.807) is 0 Å². The molecule has 5 nitrogen and oxygen atoms in total. The molecule has 1 rings (SSSR count). The van der Waals surface area contributed by atoms with Crippen LogP contribution in [0.3, 0.4) is 0 Å². The fraction of sp³-hybridized carbons (Fsp3) is 0.667. The molecule has 18 heavy (non-hydrogen) atoms. The number of rotatable bonds is 6. The number of carbonyl (C=O) groups is 1. The fourth-order valence-electron chi connectivity index (χ4n) is 1.62. The molecule has 1 heterocycles. The van der Waals surface area contributed by atoms with Crippen LogP contribution in [0.5, 0.6) is 0 Å². The summed E-state index contributed by atoms with van der Waals surface area (Å²) in [6.07, 6.45) is 1.93. The van der Waals surface area contributed by atoms with E-state index in [1.807, 2.05) is 20.8 Å². The van der Waals surface area contributed by atoms with Gasteiger partial charge in [0.2, 0.25) is 5.91 Å². The van der Waals surface area contributed by atoms with Crippen molar-refractivity contribution >= 4 is 18.3 Å². The molecule has 1 unspecified atom stereocenters. The molecule has 1 atom stereocenters. The van der Waals surface area contributed by atoms with Crippen molar-refractivity contribution in [3.63, 3.8) is 0 Å². The Kier molecular flexibility index (Phi) is 7.62. The van der Waals surface area contributed by atoms with E-state index in [9.17, 15) is 4.79 Å². The van der Waals surface area contributed by atoms with Crippen molar-refractivity contribution in [2.45, 2.75) is 46.1 Å². The van der Waals surface area contributed by atoms with Crippen LogP contribution in [0.1, 0.15) is 36.8 Å². The Bertz CT molecular complexity index is 358. The zero-order valence-corrected chi connectivity index (χ0v) is 12.0. The SMILES string of the molecule is Cc1noc(C)c1CCC(=O)NCCC(C)N.Cl. The Morgan fingerprint density at radius 1 is 1.50 bits per heavy atom. The van der Waals surface area contributed by atoms with Crippen LogP contribution < -0.4 is 11.1 Å². The van der Waals surface area contributed by atoms with Gasteiger partial charge in [-0.2, -0.15) is 0 Å². The Morgan fingerprint density at radius 2 is 2.17 bits per heavy atom. The van der Waals surface area contributed by atoms with E-state index in [4.69, 9.17) is 10.3 Å². The number of nitrogens with two attached hydrogens (primary N) is 1. The lowest BCUT2D eigenvalue weighted by atomic mass is 10.1. The number of carbonyl (C=O) groups excluding carboxylic acids is 1. The monoisotopic (exact) mass is 275 g/mol. The molecular formula is C12H22ClN3O2. The zero-order valence-electron chi connectivity index (χ0n) is 11.2. The van der Waals surface area contributed by atoms with E-state index in [0.29, 0.717) is 19.4 Å².